The molecule has 7 rings (SSSR count). The zero-order chi connectivity index (χ0) is 23.7. The molecule has 7 heteroatoms. The summed E-state index contributed by atoms with van der Waals surface area (Å²) in [4.78, 5) is 25.2. The predicted molar refractivity (Wildman–Crippen MR) is 139 cm³/mol. The highest BCUT2D eigenvalue weighted by molar-refractivity contribution is 6.01. The molecule has 0 aliphatic heterocycles. The fourth-order valence-electron chi connectivity index (χ4n) is 7.44. The number of anilines is 2. The zero-order valence-corrected chi connectivity index (χ0v) is 20.4. The third-order valence-electron chi connectivity index (χ3n) is 8.39. The molecule has 0 saturated heterocycles. The van der Waals surface area contributed by atoms with Crippen molar-refractivity contribution >= 4 is 28.3 Å². The van der Waals surface area contributed by atoms with Crippen molar-refractivity contribution in [1.29, 1.82) is 0 Å². The quantitative estimate of drug-likeness (QED) is 0.308. The Hall–Kier alpha value is -2.93. The molecule has 2 aromatic heterocycles. The Balaban J connectivity index is 1.03. The zero-order valence-electron chi connectivity index (χ0n) is 20.4. The Morgan fingerprint density at radius 2 is 1.83 bits per heavy atom. The van der Waals surface area contributed by atoms with Gasteiger partial charge < -0.3 is 20.9 Å². The van der Waals surface area contributed by atoms with Gasteiger partial charge in [-0.3, -0.25) is 4.79 Å². The molecule has 0 spiro atoms. The number of carbonyl (C=O) groups excluding carboxylic acids is 1. The maximum atomic E-state index is 13.2. The highest BCUT2D eigenvalue weighted by Gasteiger charge is 2.51. The van der Waals surface area contributed by atoms with Crippen molar-refractivity contribution in [2.24, 2.45) is 23.2 Å². The van der Waals surface area contributed by atoms with Crippen LogP contribution in [0, 0.1) is 23.2 Å². The lowest BCUT2D eigenvalue weighted by molar-refractivity contribution is -0.124. The normalized spacial score (nSPS) is 26.8. The van der Waals surface area contributed by atoms with E-state index in [1.807, 2.05) is 30.5 Å². The summed E-state index contributed by atoms with van der Waals surface area (Å²) in [5.41, 5.74) is 2.03. The van der Waals surface area contributed by atoms with Crippen molar-refractivity contribution in [3.05, 3.63) is 48.5 Å². The van der Waals surface area contributed by atoms with E-state index in [1.165, 1.54) is 38.5 Å². The van der Waals surface area contributed by atoms with Gasteiger partial charge >= 0.3 is 0 Å². The third-order valence-corrected chi connectivity index (χ3v) is 8.39. The van der Waals surface area contributed by atoms with Crippen LogP contribution >= 0.6 is 0 Å². The lowest BCUT2D eigenvalue weighted by Gasteiger charge is -2.56. The van der Waals surface area contributed by atoms with E-state index >= 15 is 0 Å². The van der Waals surface area contributed by atoms with Gasteiger partial charge in [0, 0.05) is 30.7 Å². The van der Waals surface area contributed by atoms with Crippen LogP contribution in [0.1, 0.15) is 57.2 Å². The summed E-state index contributed by atoms with van der Waals surface area (Å²) in [5.74, 6) is 4.59. The second-order valence-electron chi connectivity index (χ2n) is 11.2. The largest absolute Gasteiger partial charge is 0.370 e. The smallest absolute Gasteiger partial charge is 0.224 e. The van der Waals surface area contributed by atoms with Crippen LogP contribution in [0.3, 0.4) is 0 Å². The summed E-state index contributed by atoms with van der Waals surface area (Å²) in [6, 6.07) is 10.1. The van der Waals surface area contributed by atoms with Gasteiger partial charge in [0.05, 0.1) is 17.7 Å². The molecule has 4 bridgehead atoms. The minimum atomic E-state index is 0.170. The number of fused-ring (bicyclic) bond motifs is 1. The molecule has 4 fully saturated rings. The number of pyridine rings is 1. The lowest BCUT2D eigenvalue weighted by Crippen LogP contribution is -2.47. The van der Waals surface area contributed by atoms with Crippen LogP contribution < -0.4 is 16.0 Å². The highest BCUT2D eigenvalue weighted by atomic mass is 16.1. The molecule has 2 heterocycles. The Labute approximate surface area is 206 Å². The van der Waals surface area contributed by atoms with Crippen LogP contribution in [-0.4, -0.2) is 33.9 Å². The van der Waals surface area contributed by atoms with E-state index in [9.17, 15) is 4.79 Å². The van der Waals surface area contributed by atoms with Crippen LogP contribution in [0.15, 0.2) is 42.7 Å². The average molecular weight is 473 g/mol. The number of amides is 1. The topological polar surface area (TPSA) is 94.7 Å². The first-order chi connectivity index (χ1) is 17.1. The SMILES string of the molecule is O=C(CC12CC3CC(CC(C3)C1)C2)Nc1cccc2nc(NCCCNCc3ncc[nH]3)ccc12. The van der Waals surface area contributed by atoms with Gasteiger partial charge in [-0.25, -0.2) is 9.97 Å². The number of imidazole rings is 1. The number of rotatable bonds is 10. The summed E-state index contributed by atoms with van der Waals surface area (Å²) in [5, 5.41) is 11.0. The van der Waals surface area contributed by atoms with Gasteiger partial charge in [0.1, 0.15) is 11.6 Å². The molecular formula is C28H36N6O. The van der Waals surface area contributed by atoms with Gasteiger partial charge in [0.15, 0.2) is 0 Å². The number of carbonyl (C=O) groups is 1. The standard InChI is InChI=1S/C28H36N6O/c35-27(17-28-14-19-11-20(15-28)13-21(12-19)16-28)34-24-4-1-3-23-22(24)5-6-25(33-23)30-8-2-7-29-18-26-31-9-10-32-26/h1,3-6,9-10,19-21,29H,2,7-8,11-18H2,(H,30,33)(H,31,32)(H,34,35). The number of hydrogen-bond acceptors (Lipinski definition) is 5. The first-order valence-corrected chi connectivity index (χ1v) is 13.3. The number of hydrogen-bond donors (Lipinski definition) is 4. The molecule has 4 aliphatic carbocycles. The van der Waals surface area contributed by atoms with Gasteiger partial charge in [0.25, 0.3) is 0 Å². The maximum Gasteiger partial charge on any atom is 0.224 e. The summed E-state index contributed by atoms with van der Waals surface area (Å²) >= 11 is 0. The number of nitrogens with zero attached hydrogens (tertiary/aromatic N) is 2. The van der Waals surface area contributed by atoms with E-state index in [0.29, 0.717) is 6.42 Å². The fourth-order valence-corrected chi connectivity index (χ4v) is 7.44. The van der Waals surface area contributed by atoms with Gasteiger partial charge in [-0.1, -0.05) is 6.07 Å². The number of H-pyrrole nitrogens is 1. The van der Waals surface area contributed by atoms with Crippen LogP contribution in [0.5, 0.6) is 0 Å². The fraction of sp³-hybridized carbons (Fsp3) is 0.536. The van der Waals surface area contributed by atoms with Gasteiger partial charge in [-0.05, 0) is 98.9 Å². The molecule has 4 saturated carbocycles. The minimum Gasteiger partial charge on any atom is -0.370 e. The van der Waals surface area contributed by atoms with Crippen LogP contribution in [0.25, 0.3) is 10.9 Å². The third kappa shape index (κ3) is 5.06. The van der Waals surface area contributed by atoms with E-state index in [1.54, 1.807) is 6.20 Å². The first-order valence-electron chi connectivity index (χ1n) is 13.3. The molecule has 0 atom stereocenters. The Morgan fingerprint density at radius 1 is 1.03 bits per heavy atom. The molecule has 0 radical (unpaired) electrons. The Bertz CT molecular complexity index is 1140. The van der Waals surface area contributed by atoms with Crippen LogP contribution in [0.4, 0.5) is 11.5 Å². The average Bonchev–Trinajstić information content (AvgIpc) is 3.34. The van der Waals surface area contributed by atoms with E-state index in [0.717, 1.165) is 72.0 Å². The van der Waals surface area contributed by atoms with Gasteiger partial charge in [-0.2, -0.15) is 0 Å². The number of nitrogens with one attached hydrogen (secondary N) is 4. The van der Waals surface area contributed by atoms with Crippen molar-refractivity contribution in [1.82, 2.24) is 20.3 Å². The minimum absolute atomic E-state index is 0.170. The van der Waals surface area contributed by atoms with Crippen molar-refractivity contribution in [3.63, 3.8) is 0 Å². The van der Waals surface area contributed by atoms with Crippen molar-refractivity contribution < 1.29 is 4.79 Å². The second-order valence-corrected chi connectivity index (χ2v) is 11.2. The van der Waals surface area contributed by atoms with Crippen LogP contribution in [-0.2, 0) is 11.3 Å². The second kappa shape index (κ2) is 9.61. The molecule has 1 aromatic carbocycles. The number of aromatic nitrogens is 3. The molecule has 35 heavy (non-hydrogen) atoms. The first kappa shape index (κ1) is 22.5. The summed E-state index contributed by atoms with van der Waals surface area (Å²) < 4.78 is 0. The lowest BCUT2D eigenvalue weighted by atomic mass is 9.49. The van der Waals surface area contributed by atoms with Gasteiger partial charge in [0.2, 0.25) is 5.91 Å². The van der Waals surface area contributed by atoms with Crippen molar-refractivity contribution in [2.45, 2.75) is 57.9 Å². The van der Waals surface area contributed by atoms with Gasteiger partial charge in [-0.15, -0.1) is 0 Å². The molecule has 0 unspecified atom stereocenters. The van der Waals surface area contributed by atoms with E-state index in [-0.39, 0.29) is 11.3 Å². The molecular weight excluding hydrogens is 436 g/mol. The van der Waals surface area contributed by atoms with Crippen molar-refractivity contribution in [3.8, 4) is 0 Å². The monoisotopic (exact) mass is 472 g/mol. The molecule has 1 amide bonds. The summed E-state index contributed by atoms with van der Waals surface area (Å²) in [7, 11) is 0. The molecule has 7 nitrogen and oxygen atoms in total. The van der Waals surface area contributed by atoms with Crippen molar-refractivity contribution in [2.75, 3.05) is 23.7 Å². The maximum absolute atomic E-state index is 13.2. The Morgan fingerprint density at radius 3 is 2.57 bits per heavy atom. The molecule has 3 aromatic rings. The Kier molecular flexibility index (Phi) is 6.19. The summed E-state index contributed by atoms with van der Waals surface area (Å²) in [6.45, 7) is 2.49. The highest BCUT2D eigenvalue weighted by Crippen LogP contribution is 2.61. The number of benzene rings is 1. The number of aromatic amines is 1. The molecule has 184 valence electrons. The van der Waals surface area contributed by atoms with Crippen LogP contribution in [0.2, 0.25) is 0 Å². The summed E-state index contributed by atoms with van der Waals surface area (Å²) in [6.07, 6.45) is 13.3. The molecule has 4 N–H and O–H groups in total. The van der Waals surface area contributed by atoms with E-state index < -0.39 is 0 Å². The molecule has 4 aliphatic rings. The predicted octanol–water partition coefficient (Wildman–Crippen LogP) is 5.09. The van der Waals surface area contributed by atoms with E-state index in [2.05, 4.69) is 32.0 Å². The van der Waals surface area contributed by atoms with E-state index in [4.69, 9.17) is 4.98 Å².